The number of thioether (sulfide) groups is 1. The van der Waals surface area contributed by atoms with Crippen LogP contribution in [0.4, 0.5) is 0 Å². The highest BCUT2D eigenvalue weighted by Gasteiger charge is 2.16. The lowest BCUT2D eigenvalue weighted by Crippen LogP contribution is -2.31. The number of rotatable bonds is 6. The molecule has 3 nitrogen and oxygen atoms in total. The van der Waals surface area contributed by atoms with E-state index in [-0.39, 0.29) is 0 Å². The molecule has 5 heteroatoms. The van der Waals surface area contributed by atoms with Crippen LogP contribution in [-0.2, 0) is 13.5 Å². The van der Waals surface area contributed by atoms with Crippen LogP contribution in [0.1, 0.15) is 17.0 Å². The third kappa shape index (κ3) is 4.25. The van der Waals surface area contributed by atoms with E-state index < -0.39 is 0 Å². The maximum atomic E-state index is 6.34. The first-order valence-corrected chi connectivity index (χ1v) is 8.42. The van der Waals surface area contributed by atoms with Gasteiger partial charge in [0.2, 0.25) is 0 Å². The van der Waals surface area contributed by atoms with E-state index in [1.54, 1.807) is 0 Å². The van der Waals surface area contributed by atoms with Crippen LogP contribution in [0.25, 0.3) is 0 Å². The van der Waals surface area contributed by atoms with Crippen LogP contribution >= 0.6 is 23.4 Å². The van der Waals surface area contributed by atoms with Gasteiger partial charge in [0.15, 0.2) is 0 Å². The first-order chi connectivity index (χ1) is 10.0. The van der Waals surface area contributed by atoms with Gasteiger partial charge < -0.3 is 5.32 Å². The number of nitrogens with zero attached hydrogens (tertiary/aromatic N) is 2. The van der Waals surface area contributed by atoms with Crippen LogP contribution in [0.3, 0.4) is 0 Å². The molecule has 0 fully saturated rings. The fraction of sp³-hybridized carbons (Fsp3) is 0.438. The van der Waals surface area contributed by atoms with Crippen LogP contribution in [0.2, 0.25) is 5.02 Å². The zero-order valence-electron chi connectivity index (χ0n) is 13.0. The second-order valence-electron chi connectivity index (χ2n) is 5.29. The molecule has 114 valence electrons. The molecule has 0 spiro atoms. The van der Waals surface area contributed by atoms with E-state index in [9.17, 15) is 0 Å². The maximum Gasteiger partial charge on any atom is 0.0847 e. The summed E-state index contributed by atoms with van der Waals surface area (Å²) in [4.78, 5) is 1.31. The summed E-state index contributed by atoms with van der Waals surface area (Å²) in [5.41, 5.74) is 3.29. The van der Waals surface area contributed by atoms with Crippen molar-refractivity contribution in [3.05, 3.63) is 46.2 Å². The highest BCUT2D eigenvalue weighted by molar-refractivity contribution is 7.99. The minimum Gasteiger partial charge on any atom is -0.316 e. The molecule has 0 amide bonds. The van der Waals surface area contributed by atoms with E-state index in [0.29, 0.717) is 6.04 Å². The van der Waals surface area contributed by atoms with Gasteiger partial charge in [-0.05, 0) is 33.0 Å². The zero-order valence-corrected chi connectivity index (χ0v) is 14.6. The molecule has 1 N–H and O–H groups in total. The lowest BCUT2D eigenvalue weighted by molar-refractivity contribution is 0.582. The number of nitrogens with one attached hydrogen (secondary N) is 1. The normalized spacial score (nSPS) is 12.6. The minimum atomic E-state index is 0.364. The van der Waals surface area contributed by atoms with Crippen molar-refractivity contribution < 1.29 is 0 Å². The van der Waals surface area contributed by atoms with Gasteiger partial charge in [-0.25, -0.2) is 0 Å². The van der Waals surface area contributed by atoms with Gasteiger partial charge in [0, 0.05) is 30.2 Å². The zero-order chi connectivity index (χ0) is 15.4. The smallest absolute Gasteiger partial charge is 0.0847 e. The van der Waals surface area contributed by atoms with Crippen molar-refractivity contribution in [2.45, 2.75) is 31.2 Å². The highest BCUT2D eigenvalue weighted by Crippen LogP contribution is 2.24. The molecule has 0 aliphatic carbocycles. The number of hydrogen-bond donors (Lipinski definition) is 1. The number of hydrogen-bond acceptors (Lipinski definition) is 3. The van der Waals surface area contributed by atoms with E-state index in [0.717, 1.165) is 28.6 Å². The fourth-order valence-electron chi connectivity index (χ4n) is 2.28. The topological polar surface area (TPSA) is 29.9 Å². The third-order valence-corrected chi connectivity index (χ3v) is 5.20. The molecule has 1 unspecified atom stereocenters. The number of benzene rings is 1. The SMILES string of the molecule is CNC(CSc1cccc(C)c1)Cc1c(Cl)c(C)nn1C. The summed E-state index contributed by atoms with van der Waals surface area (Å²) in [6, 6.07) is 8.97. The predicted molar refractivity (Wildman–Crippen MR) is 91.4 cm³/mol. The van der Waals surface area contributed by atoms with Crippen LogP contribution in [0.5, 0.6) is 0 Å². The average Bonchev–Trinajstić information content (AvgIpc) is 2.69. The molecule has 0 saturated heterocycles. The Hall–Kier alpha value is -0.970. The monoisotopic (exact) mass is 323 g/mol. The van der Waals surface area contributed by atoms with Crippen molar-refractivity contribution in [3.63, 3.8) is 0 Å². The van der Waals surface area contributed by atoms with Gasteiger partial charge >= 0.3 is 0 Å². The average molecular weight is 324 g/mol. The van der Waals surface area contributed by atoms with Crippen molar-refractivity contribution >= 4 is 23.4 Å². The lowest BCUT2D eigenvalue weighted by Gasteiger charge is -2.16. The van der Waals surface area contributed by atoms with Crippen molar-refractivity contribution in [1.82, 2.24) is 15.1 Å². The number of halogens is 1. The van der Waals surface area contributed by atoms with E-state index in [4.69, 9.17) is 11.6 Å². The minimum absolute atomic E-state index is 0.364. The molecule has 0 bridgehead atoms. The van der Waals surface area contributed by atoms with Gasteiger partial charge in [0.25, 0.3) is 0 Å². The van der Waals surface area contributed by atoms with E-state index >= 15 is 0 Å². The van der Waals surface area contributed by atoms with E-state index in [1.165, 1.54) is 10.5 Å². The summed E-state index contributed by atoms with van der Waals surface area (Å²) < 4.78 is 1.89. The molecule has 0 aliphatic heterocycles. The van der Waals surface area contributed by atoms with Crippen LogP contribution < -0.4 is 5.32 Å². The van der Waals surface area contributed by atoms with Crippen molar-refractivity contribution in [2.24, 2.45) is 7.05 Å². The number of aryl methyl sites for hydroxylation is 3. The van der Waals surface area contributed by atoms with Gasteiger partial charge in [0.05, 0.1) is 16.4 Å². The summed E-state index contributed by atoms with van der Waals surface area (Å²) in [5.74, 6) is 1.00. The molecule has 2 rings (SSSR count). The molecule has 1 atom stereocenters. The summed E-state index contributed by atoms with van der Waals surface area (Å²) >= 11 is 8.20. The van der Waals surface area contributed by atoms with Gasteiger partial charge in [-0.3, -0.25) is 4.68 Å². The third-order valence-electron chi connectivity index (χ3n) is 3.55. The molecule has 2 aromatic rings. The van der Waals surface area contributed by atoms with Gasteiger partial charge in [0.1, 0.15) is 0 Å². The Labute approximate surface area is 136 Å². The highest BCUT2D eigenvalue weighted by atomic mass is 35.5. The number of likely N-dealkylation sites (N-methyl/N-ethyl adjacent to an activating group) is 1. The Morgan fingerprint density at radius 1 is 1.38 bits per heavy atom. The molecule has 1 aromatic carbocycles. The Kier molecular flexibility index (Phi) is 5.73. The molecule has 1 heterocycles. The first-order valence-electron chi connectivity index (χ1n) is 7.06. The van der Waals surface area contributed by atoms with Crippen molar-refractivity contribution in [1.29, 1.82) is 0 Å². The van der Waals surface area contributed by atoms with Gasteiger partial charge in [-0.1, -0.05) is 29.3 Å². The van der Waals surface area contributed by atoms with E-state index in [1.807, 2.05) is 37.5 Å². The molecule has 0 saturated carbocycles. The van der Waals surface area contributed by atoms with Crippen LogP contribution in [0.15, 0.2) is 29.2 Å². The van der Waals surface area contributed by atoms with Gasteiger partial charge in [-0.15, -0.1) is 11.8 Å². The largest absolute Gasteiger partial charge is 0.316 e. The second-order valence-corrected chi connectivity index (χ2v) is 6.76. The summed E-state index contributed by atoms with van der Waals surface area (Å²) in [6.45, 7) is 4.07. The predicted octanol–water partition coefficient (Wildman–Crippen LogP) is 3.61. The van der Waals surface area contributed by atoms with E-state index in [2.05, 4.69) is 41.6 Å². The quantitative estimate of drug-likeness (QED) is 0.824. The standard InChI is InChI=1S/C16H22ClN3S/c1-11-6-5-7-14(8-11)21-10-13(18-3)9-15-16(17)12(2)19-20(15)4/h5-8,13,18H,9-10H2,1-4H3. The van der Waals surface area contributed by atoms with Crippen molar-refractivity contribution in [2.75, 3.05) is 12.8 Å². The molecule has 0 aliphatic rings. The Morgan fingerprint density at radius 3 is 2.71 bits per heavy atom. The summed E-state index contributed by atoms with van der Waals surface area (Å²) in [6.07, 6.45) is 0.880. The van der Waals surface area contributed by atoms with Gasteiger partial charge in [-0.2, -0.15) is 5.10 Å². The summed E-state index contributed by atoms with van der Waals surface area (Å²) in [7, 11) is 3.95. The molecule has 1 aromatic heterocycles. The second kappa shape index (κ2) is 7.34. The Bertz CT molecular complexity index is 610. The molecular formula is C16H22ClN3S. The Balaban J connectivity index is 2.00. The first kappa shape index (κ1) is 16.4. The van der Waals surface area contributed by atoms with Crippen LogP contribution in [0, 0.1) is 13.8 Å². The number of aromatic nitrogens is 2. The summed E-state index contributed by atoms with van der Waals surface area (Å²) in [5, 5.41) is 8.55. The molecule has 21 heavy (non-hydrogen) atoms. The Morgan fingerprint density at radius 2 is 2.14 bits per heavy atom. The van der Waals surface area contributed by atoms with Crippen molar-refractivity contribution in [3.8, 4) is 0 Å². The maximum absolute atomic E-state index is 6.34. The fourth-order valence-corrected chi connectivity index (χ4v) is 3.64. The van der Waals surface area contributed by atoms with Crippen LogP contribution in [-0.4, -0.2) is 28.6 Å². The molecular weight excluding hydrogens is 302 g/mol. The lowest BCUT2D eigenvalue weighted by atomic mass is 10.2. The molecule has 0 radical (unpaired) electrons.